The van der Waals surface area contributed by atoms with E-state index < -0.39 is 11.7 Å². The summed E-state index contributed by atoms with van der Waals surface area (Å²) in [5.41, 5.74) is 0.769. The zero-order chi connectivity index (χ0) is 17.7. The summed E-state index contributed by atoms with van der Waals surface area (Å²) in [6, 6.07) is 1.75. The van der Waals surface area contributed by atoms with Gasteiger partial charge in [0, 0.05) is 11.8 Å². The van der Waals surface area contributed by atoms with Gasteiger partial charge < -0.3 is 14.8 Å². The summed E-state index contributed by atoms with van der Waals surface area (Å²) in [4.78, 5) is 15.8. The van der Waals surface area contributed by atoms with Gasteiger partial charge in [0.1, 0.15) is 17.0 Å². The number of pyridine rings is 1. The van der Waals surface area contributed by atoms with Crippen LogP contribution in [0.25, 0.3) is 11.5 Å². The summed E-state index contributed by atoms with van der Waals surface area (Å²) in [6.07, 6.45) is 1.04. The molecule has 0 spiro atoms. The molecule has 0 aromatic carbocycles. The van der Waals surface area contributed by atoms with Gasteiger partial charge in [0.05, 0.1) is 13.7 Å². The molecule has 1 N–H and O–H groups in total. The Morgan fingerprint density at radius 1 is 1.21 bits per heavy atom. The molecular weight excluding hydrogens is 312 g/mol. The summed E-state index contributed by atoms with van der Waals surface area (Å²) in [6.45, 7) is 7.27. The molecule has 0 aliphatic rings. The molecule has 0 radical (unpaired) electrons. The number of ether oxygens (including phenoxy) is 2. The molecule has 0 bridgehead atoms. The molecule has 2 aromatic rings. The van der Waals surface area contributed by atoms with Crippen LogP contribution in [0.1, 0.15) is 32.2 Å². The molecule has 0 saturated carbocycles. The van der Waals surface area contributed by atoms with Gasteiger partial charge in [-0.25, -0.2) is 4.79 Å². The van der Waals surface area contributed by atoms with E-state index >= 15 is 0 Å². The number of rotatable bonds is 4. The van der Waals surface area contributed by atoms with E-state index in [0.29, 0.717) is 11.4 Å². The second kappa shape index (κ2) is 7.16. The smallest absolute Gasteiger partial charge is 0.408 e. The fourth-order valence-electron chi connectivity index (χ4n) is 1.85. The first-order valence-corrected chi connectivity index (χ1v) is 7.33. The first-order chi connectivity index (χ1) is 11.3. The van der Waals surface area contributed by atoms with Crippen molar-refractivity contribution in [3.8, 4) is 17.3 Å². The van der Waals surface area contributed by atoms with Crippen molar-refractivity contribution in [1.82, 2.24) is 30.7 Å². The van der Waals surface area contributed by atoms with Crippen LogP contribution in [0.3, 0.4) is 0 Å². The third-order valence-electron chi connectivity index (χ3n) is 2.90. The van der Waals surface area contributed by atoms with Gasteiger partial charge in [0.25, 0.3) is 0 Å². The largest absolute Gasteiger partial charge is 0.496 e. The Hall–Kier alpha value is -2.84. The molecule has 2 rings (SSSR count). The summed E-state index contributed by atoms with van der Waals surface area (Å²) in [5, 5.41) is 18.4. The van der Waals surface area contributed by atoms with Gasteiger partial charge in [-0.1, -0.05) is 0 Å². The van der Waals surface area contributed by atoms with Crippen molar-refractivity contribution in [2.75, 3.05) is 7.11 Å². The number of nitrogens with one attached hydrogen (secondary N) is 1. The van der Waals surface area contributed by atoms with Gasteiger partial charge >= 0.3 is 6.09 Å². The molecule has 0 unspecified atom stereocenters. The number of alkyl carbamates (subject to hydrolysis) is 1. The number of aromatic nitrogens is 5. The number of nitrogens with zero attached hydrogens (tertiary/aromatic N) is 5. The lowest BCUT2D eigenvalue weighted by Crippen LogP contribution is -2.32. The van der Waals surface area contributed by atoms with Gasteiger partial charge in [0.15, 0.2) is 5.82 Å². The van der Waals surface area contributed by atoms with Crippen LogP contribution in [0.2, 0.25) is 0 Å². The highest BCUT2D eigenvalue weighted by Crippen LogP contribution is 2.24. The average molecular weight is 332 g/mol. The van der Waals surface area contributed by atoms with Crippen LogP contribution < -0.4 is 10.1 Å². The van der Waals surface area contributed by atoms with Crippen molar-refractivity contribution < 1.29 is 14.3 Å². The van der Waals surface area contributed by atoms with E-state index in [4.69, 9.17) is 9.47 Å². The molecule has 9 nitrogen and oxygen atoms in total. The summed E-state index contributed by atoms with van der Waals surface area (Å²) in [5.74, 6) is 1.23. The highest BCUT2D eigenvalue weighted by atomic mass is 16.6. The molecule has 2 heterocycles. The second-order valence-corrected chi connectivity index (χ2v) is 5.98. The zero-order valence-electron chi connectivity index (χ0n) is 14.3. The maximum Gasteiger partial charge on any atom is 0.408 e. The first-order valence-electron chi connectivity index (χ1n) is 7.33. The SMILES string of the molecule is COc1ccnc(-c2nnc(CNC(=O)OC(C)(C)C)nn2)c1C. The Labute approximate surface area is 139 Å². The Morgan fingerprint density at radius 2 is 1.88 bits per heavy atom. The van der Waals surface area contributed by atoms with Crippen molar-refractivity contribution in [3.05, 3.63) is 23.7 Å². The van der Waals surface area contributed by atoms with Gasteiger partial charge in [-0.05, 0) is 33.8 Å². The number of amides is 1. The predicted molar refractivity (Wildman–Crippen MR) is 85.2 cm³/mol. The normalized spacial score (nSPS) is 11.0. The molecule has 9 heteroatoms. The monoisotopic (exact) mass is 332 g/mol. The fraction of sp³-hybridized carbons (Fsp3) is 0.467. The summed E-state index contributed by atoms with van der Waals surface area (Å²) >= 11 is 0. The Kier molecular flexibility index (Phi) is 5.22. The van der Waals surface area contributed by atoms with E-state index in [1.165, 1.54) is 0 Å². The van der Waals surface area contributed by atoms with Crippen molar-refractivity contribution in [3.63, 3.8) is 0 Å². The summed E-state index contributed by atoms with van der Waals surface area (Å²) < 4.78 is 10.4. The van der Waals surface area contributed by atoms with Crippen LogP contribution in [0.15, 0.2) is 12.3 Å². The van der Waals surface area contributed by atoms with Crippen molar-refractivity contribution in [1.29, 1.82) is 0 Å². The van der Waals surface area contributed by atoms with E-state index in [1.807, 2.05) is 6.92 Å². The number of carbonyl (C=O) groups excluding carboxylic acids is 1. The van der Waals surface area contributed by atoms with Crippen molar-refractivity contribution in [2.24, 2.45) is 0 Å². The highest BCUT2D eigenvalue weighted by Gasteiger charge is 2.17. The van der Waals surface area contributed by atoms with E-state index in [0.717, 1.165) is 5.56 Å². The standard InChI is InChI=1S/C15H20N6O3/c1-9-10(23-5)6-7-16-12(9)13-20-18-11(19-21-13)8-17-14(22)24-15(2,3)4/h6-7H,8H2,1-5H3,(H,17,22). The number of hydrogen-bond donors (Lipinski definition) is 1. The second-order valence-electron chi connectivity index (χ2n) is 5.98. The molecule has 128 valence electrons. The molecule has 0 aliphatic heterocycles. The quantitative estimate of drug-likeness (QED) is 0.899. The molecule has 0 atom stereocenters. The summed E-state index contributed by atoms with van der Waals surface area (Å²) in [7, 11) is 1.58. The van der Waals surface area contributed by atoms with Gasteiger partial charge in [-0.15, -0.1) is 20.4 Å². The van der Waals surface area contributed by atoms with Crippen molar-refractivity contribution >= 4 is 6.09 Å². The molecule has 1 amide bonds. The fourth-order valence-corrected chi connectivity index (χ4v) is 1.85. The van der Waals surface area contributed by atoms with E-state index in [2.05, 4.69) is 30.7 Å². The van der Waals surface area contributed by atoms with Crippen LogP contribution in [-0.2, 0) is 11.3 Å². The first kappa shape index (κ1) is 17.5. The van der Waals surface area contributed by atoms with Gasteiger partial charge in [0.2, 0.25) is 5.82 Å². The topological polar surface area (TPSA) is 112 Å². The zero-order valence-corrected chi connectivity index (χ0v) is 14.3. The lowest BCUT2D eigenvalue weighted by atomic mass is 10.2. The van der Waals surface area contributed by atoms with E-state index in [-0.39, 0.29) is 18.2 Å². The van der Waals surface area contributed by atoms with E-state index in [9.17, 15) is 4.79 Å². The lowest BCUT2D eigenvalue weighted by Gasteiger charge is -2.19. The predicted octanol–water partition coefficient (Wildman–Crippen LogP) is 1.67. The number of methoxy groups -OCH3 is 1. The Bertz CT molecular complexity index is 712. The Morgan fingerprint density at radius 3 is 2.46 bits per heavy atom. The minimum absolute atomic E-state index is 0.0692. The average Bonchev–Trinajstić information content (AvgIpc) is 2.52. The van der Waals surface area contributed by atoms with Gasteiger partial charge in [-0.2, -0.15) is 0 Å². The maximum absolute atomic E-state index is 11.6. The molecule has 0 aliphatic carbocycles. The van der Waals surface area contributed by atoms with Crippen LogP contribution in [0, 0.1) is 6.92 Å². The number of carbonyl (C=O) groups is 1. The maximum atomic E-state index is 11.6. The highest BCUT2D eigenvalue weighted by molar-refractivity contribution is 5.67. The lowest BCUT2D eigenvalue weighted by molar-refractivity contribution is 0.0522. The van der Waals surface area contributed by atoms with Gasteiger partial charge in [-0.3, -0.25) is 4.98 Å². The minimum Gasteiger partial charge on any atom is -0.496 e. The molecule has 0 saturated heterocycles. The molecule has 24 heavy (non-hydrogen) atoms. The third kappa shape index (κ3) is 4.58. The molecule has 2 aromatic heterocycles. The van der Waals surface area contributed by atoms with E-state index in [1.54, 1.807) is 40.1 Å². The van der Waals surface area contributed by atoms with Crippen LogP contribution in [0.5, 0.6) is 5.75 Å². The molecular formula is C15H20N6O3. The van der Waals surface area contributed by atoms with Crippen LogP contribution >= 0.6 is 0 Å². The molecule has 0 fully saturated rings. The third-order valence-corrected chi connectivity index (χ3v) is 2.90. The van der Waals surface area contributed by atoms with Crippen molar-refractivity contribution in [2.45, 2.75) is 39.8 Å². The number of hydrogen-bond acceptors (Lipinski definition) is 8. The van der Waals surface area contributed by atoms with Crippen LogP contribution in [0.4, 0.5) is 4.79 Å². The van der Waals surface area contributed by atoms with Crippen LogP contribution in [-0.4, -0.2) is 44.2 Å². The Balaban J connectivity index is 2.05. The minimum atomic E-state index is -0.569.